The predicted octanol–water partition coefficient (Wildman–Crippen LogP) is 3.44. The normalized spacial score (nSPS) is 10.4. The maximum atomic E-state index is 10.8. The van der Waals surface area contributed by atoms with Crippen LogP contribution in [0.4, 0.5) is 0 Å². The zero-order valence-electron chi connectivity index (χ0n) is 10.6. The summed E-state index contributed by atoms with van der Waals surface area (Å²) in [5.74, 6) is -0.131. The van der Waals surface area contributed by atoms with Crippen molar-refractivity contribution in [3.05, 3.63) is 66.4 Å². The highest BCUT2D eigenvalue weighted by Crippen LogP contribution is 2.22. The monoisotopic (exact) mass is 264 g/mol. The zero-order chi connectivity index (χ0) is 13.9. The standard InChI is InChI=1S/C16H12N2O2/c19-16(20)13-8-6-11(7-9-13)14-10-17-15(18-14)12-4-2-1-3-5-12/h1-10H,(H,17,18)(H,19,20). The van der Waals surface area contributed by atoms with Crippen LogP contribution in [0.25, 0.3) is 22.6 Å². The molecule has 0 saturated carbocycles. The van der Waals surface area contributed by atoms with Crippen molar-refractivity contribution in [2.24, 2.45) is 0 Å². The van der Waals surface area contributed by atoms with E-state index >= 15 is 0 Å². The molecule has 1 aromatic heterocycles. The van der Waals surface area contributed by atoms with Crippen molar-refractivity contribution in [1.29, 1.82) is 0 Å². The van der Waals surface area contributed by atoms with Crippen LogP contribution in [0.1, 0.15) is 10.4 Å². The van der Waals surface area contributed by atoms with Gasteiger partial charge in [0.05, 0.1) is 17.5 Å². The van der Waals surface area contributed by atoms with Crippen LogP contribution in [0.3, 0.4) is 0 Å². The number of aromatic nitrogens is 2. The van der Waals surface area contributed by atoms with Gasteiger partial charge in [0.25, 0.3) is 0 Å². The van der Waals surface area contributed by atoms with Gasteiger partial charge in [-0.1, -0.05) is 42.5 Å². The second kappa shape index (κ2) is 5.01. The second-order valence-corrected chi connectivity index (χ2v) is 4.39. The van der Waals surface area contributed by atoms with Crippen LogP contribution in [-0.2, 0) is 0 Å². The summed E-state index contributed by atoms with van der Waals surface area (Å²) in [5.41, 5.74) is 3.06. The Kier molecular flexibility index (Phi) is 3.05. The molecule has 0 spiro atoms. The summed E-state index contributed by atoms with van der Waals surface area (Å²) in [6.45, 7) is 0. The lowest BCUT2D eigenvalue weighted by Crippen LogP contribution is -1.94. The maximum absolute atomic E-state index is 10.8. The molecule has 0 saturated heterocycles. The highest BCUT2D eigenvalue weighted by Gasteiger charge is 2.06. The van der Waals surface area contributed by atoms with Crippen LogP contribution >= 0.6 is 0 Å². The number of H-pyrrole nitrogens is 1. The second-order valence-electron chi connectivity index (χ2n) is 4.39. The number of aromatic amines is 1. The minimum atomic E-state index is -0.925. The highest BCUT2D eigenvalue weighted by molar-refractivity contribution is 5.88. The lowest BCUT2D eigenvalue weighted by atomic mass is 10.1. The summed E-state index contributed by atoms with van der Waals surface area (Å²) in [5, 5.41) is 8.88. The molecule has 0 aliphatic heterocycles. The summed E-state index contributed by atoms with van der Waals surface area (Å²) in [7, 11) is 0. The van der Waals surface area contributed by atoms with Crippen molar-refractivity contribution in [3.63, 3.8) is 0 Å². The Morgan fingerprint density at radius 1 is 0.950 bits per heavy atom. The molecular formula is C16H12N2O2. The fourth-order valence-electron chi connectivity index (χ4n) is 2.00. The average Bonchev–Trinajstić information content (AvgIpc) is 2.98. The van der Waals surface area contributed by atoms with Gasteiger partial charge in [-0.3, -0.25) is 0 Å². The molecule has 4 nitrogen and oxygen atoms in total. The summed E-state index contributed by atoms with van der Waals surface area (Å²) in [6.07, 6.45) is 1.75. The minimum absolute atomic E-state index is 0.275. The predicted molar refractivity (Wildman–Crippen MR) is 76.4 cm³/mol. The summed E-state index contributed by atoms with van der Waals surface area (Å²) >= 11 is 0. The number of hydrogen-bond acceptors (Lipinski definition) is 2. The molecule has 0 atom stereocenters. The van der Waals surface area contributed by atoms with E-state index < -0.39 is 5.97 Å². The van der Waals surface area contributed by atoms with Gasteiger partial charge in [-0.15, -0.1) is 0 Å². The number of carbonyl (C=O) groups is 1. The molecule has 4 heteroatoms. The number of carboxylic acid groups (broad SMARTS) is 1. The number of nitrogens with zero attached hydrogens (tertiary/aromatic N) is 1. The Morgan fingerprint density at radius 2 is 1.65 bits per heavy atom. The van der Waals surface area contributed by atoms with E-state index in [4.69, 9.17) is 5.11 Å². The molecule has 0 aliphatic rings. The molecule has 1 heterocycles. The quantitative estimate of drug-likeness (QED) is 0.761. The first-order valence-corrected chi connectivity index (χ1v) is 6.18. The fraction of sp³-hybridized carbons (Fsp3) is 0. The van der Waals surface area contributed by atoms with Crippen molar-refractivity contribution in [2.75, 3.05) is 0 Å². The van der Waals surface area contributed by atoms with Gasteiger partial charge in [0.2, 0.25) is 0 Å². The third-order valence-corrected chi connectivity index (χ3v) is 3.07. The van der Waals surface area contributed by atoms with Gasteiger partial charge in [0, 0.05) is 5.56 Å². The van der Waals surface area contributed by atoms with E-state index in [9.17, 15) is 4.79 Å². The van der Waals surface area contributed by atoms with Crippen molar-refractivity contribution < 1.29 is 9.90 Å². The Hall–Kier alpha value is -2.88. The number of nitrogens with one attached hydrogen (secondary N) is 1. The number of benzene rings is 2. The third kappa shape index (κ3) is 2.31. The maximum Gasteiger partial charge on any atom is 0.335 e. The summed E-state index contributed by atoms with van der Waals surface area (Å²) in [4.78, 5) is 18.4. The van der Waals surface area contributed by atoms with E-state index in [1.165, 1.54) is 0 Å². The smallest absolute Gasteiger partial charge is 0.335 e. The van der Waals surface area contributed by atoms with Crippen molar-refractivity contribution in [1.82, 2.24) is 9.97 Å². The van der Waals surface area contributed by atoms with E-state index in [2.05, 4.69) is 9.97 Å². The third-order valence-electron chi connectivity index (χ3n) is 3.07. The first-order chi connectivity index (χ1) is 9.74. The Labute approximate surface area is 115 Å². The molecule has 0 fully saturated rings. The molecule has 0 amide bonds. The minimum Gasteiger partial charge on any atom is -0.478 e. The molecule has 98 valence electrons. The number of imidazole rings is 1. The van der Waals surface area contributed by atoms with E-state index in [-0.39, 0.29) is 5.56 Å². The molecule has 2 aromatic carbocycles. The van der Waals surface area contributed by atoms with Gasteiger partial charge in [-0.25, -0.2) is 9.78 Å². The van der Waals surface area contributed by atoms with Crippen molar-refractivity contribution in [3.8, 4) is 22.6 Å². The molecule has 20 heavy (non-hydrogen) atoms. The molecule has 0 bridgehead atoms. The number of carboxylic acids is 1. The van der Waals surface area contributed by atoms with Gasteiger partial charge in [-0.2, -0.15) is 0 Å². The van der Waals surface area contributed by atoms with E-state index in [0.717, 1.165) is 22.6 Å². The average molecular weight is 264 g/mol. The number of aromatic carboxylic acids is 1. The van der Waals surface area contributed by atoms with Gasteiger partial charge in [0.15, 0.2) is 0 Å². The Morgan fingerprint density at radius 3 is 2.30 bits per heavy atom. The van der Waals surface area contributed by atoms with E-state index in [1.807, 2.05) is 30.3 Å². The number of hydrogen-bond donors (Lipinski definition) is 2. The first kappa shape index (κ1) is 12.2. The van der Waals surface area contributed by atoms with E-state index in [1.54, 1.807) is 30.5 Å². The number of rotatable bonds is 3. The van der Waals surface area contributed by atoms with E-state index in [0.29, 0.717) is 0 Å². The SMILES string of the molecule is O=C(O)c1ccc(-c2cnc(-c3ccccc3)[nH]2)cc1. The zero-order valence-corrected chi connectivity index (χ0v) is 10.6. The topological polar surface area (TPSA) is 66.0 Å². The Bertz CT molecular complexity index is 731. The molecule has 2 N–H and O–H groups in total. The largest absolute Gasteiger partial charge is 0.478 e. The summed E-state index contributed by atoms with van der Waals surface area (Å²) < 4.78 is 0. The Balaban J connectivity index is 1.92. The summed E-state index contributed by atoms with van der Waals surface area (Å²) in [6, 6.07) is 16.5. The molecule has 0 aliphatic carbocycles. The lowest BCUT2D eigenvalue weighted by molar-refractivity contribution is 0.0697. The van der Waals surface area contributed by atoms with Crippen LogP contribution in [0.2, 0.25) is 0 Å². The molecular weight excluding hydrogens is 252 g/mol. The fourth-order valence-corrected chi connectivity index (χ4v) is 2.00. The first-order valence-electron chi connectivity index (χ1n) is 6.18. The van der Waals surface area contributed by atoms with Crippen LogP contribution in [0.15, 0.2) is 60.8 Å². The molecule has 3 rings (SSSR count). The van der Waals surface area contributed by atoms with Gasteiger partial charge in [-0.05, 0) is 17.7 Å². The van der Waals surface area contributed by atoms with Crippen LogP contribution < -0.4 is 0 Å². The highest BCUT2D eigenvalue weighted by atomic mass is 16.4. The van der Waals surface area contributed by atoms with Gasteiger partial charge < -0.3 is 10.1 Å². The molecule has 0 radical (unpaired) electrons. The van der Waals surface area contributed by atoms with Gasteiger partial charge in [0.1, 0.15) is 5.82 Å². The van der Waals surface area contributed by atoms with Crippen molar-refractivity contribution in [2.45, 2.75) is 0 Å². The van der Waals surface area contributed by atoms with Crippen LogP contribution in [0, 0.1) is 0 Å². The van der Waals surface area contributed by atoms with Crippen LogP contribution in [0.5, 0.6) is 0 Å². The van der Waals surface area contributed by atoms with Crippen molar-refractivity contribution >= 4 is 5.97 Å². The lowest BCUT2D eigenvalue weighted by Gasteiger charge is -1.99. The van der Waals surface area contributed by atoms with Gasteiger partial charge >= 0.3 is 5.97 Å². The van der Waals surface area contributed by atoms with Crippen LogP contribution in [-0.4, -0.2) is 21.0 Å². The molecule has 0 unspecified atom stereocenters. The molecule has 3 aromatic rings.